The summed E-state index contributed by atoms with van der Waals surface area (Å²) in [6.07, 6.45) is 0.387. The van der Waals surface area contributed by atoms with Gasteiger partial charge >= 0.3 is 0 Å². The molecule has 2 atom stereocenters. The van der Waals surface area contributed by atoms with Gasteiger partial charge in [-0.25, -0.2) is 0 Å². The van der Waals surface area contributed by atoms with Crippen LogP contribution in [0.5, 0.6) is 0 Å². The van der Waals surface area contributed by atoms with Crippen LogP contribution in [-0.4, -0.2) is 34.2 Å². The van der Waals surface area contributed by atoms with Crippen molar-refractivity contribution in [2.45, 2.75) is 12.5 Å². The first-order chi connectivity index (χ1) is 8.63. The summed E-state index contributed by atoms with van der Waals surface area (Å²) < 4.78 is 11.6. The number of rotatable bonds is 0. The molecule has 0 aliphatic carbocycles. The highest BCUT2D eigenvalue weighted by atomic mass is 35.5. The molecule has 2 aliphatic rings. The van der Waals surface area contributed by atoms with Crippen LogP contribution < -0.4 is 10.2 Å². The van der Waals surface area contributed by atoms with E-state index in [-0.39, 0.29) is 11.9 Å². The zero-order chi connectivity index (χ0) is 12.7. The number of anilines is 2. The van der Waals surface area contributed by atoms with Crippen LogP contribution >= 0.6 is 11.6 Å². The van der Waals surface area contributed by atoms with Crippen LogP contribution in [0.4, 0.5) is 11.4 Å². The molecule has 2 heterocycles. The Morgan fingerprint density at radius 1 is 1.44 bits per heavy atom. The number of carbonyl (C=O) groups excluding carboxylic acids is 1. The fourth-order valence-electron chi connectivity index (χ4n) is 2.53. The lowest BCUT2D eigenvalue weighted by atomic mass is 10.1. The minimum Gasteiger partial charge on any atom is -0.364 e. The molecule has 0 bridgehead atoms. The van der Waals surface area contributed by atoms with Crippen molar-refractivity contribution in [1.29, 1.82) is 0 Å². The van der Waals surface area contributed by atoms with Crippen molar-refractivity contribution < 1.29 is 9.00 Å². The Balaban J connectivity index is 2.04. The first-order valence-electron chi connectivity index (χ1n) is 5.84. The highest BCUT2D eigenvalue weighted by molar-refractivity contribution is 7.85. The topological polar surface area (TPSA) is 49.4 Å². The lowest BCUT2D eigenvalue weighted by Gasteiger charge is -2.35. The summed E-state index contributed by atoms with van der Waals surface area (Å²) in [5.41, 5.74) is 1.73. The van der Waals surface area contributed by atoms with Gasteiger partial charge in [-0.1, -0.05) is 11.6 Å². The van der Waals surface area contributed by atoms with Crippen molar-refractivity contribution in [2.75, 3.05) is 28.3 Å². The van der Waals surface area contributed by atoms with Crippen LogP contribution in [0.3, 0.4) is 0 Å². The van der Waals surface area contributed by atoms with Crippen molar-refractivity contribution in [3.8, 4) is 0 Å². The number of nitrogens with one attached hydrogen (secondary N) is 1. The number of nitrogens with zero attached hydrogens (tertiary/aromatic N) is 1. The molecule has 0 radical (unpaired) electrons. The van der Waals surface area contributed by atoms with E-state index in [0.717, 1.165) is 17.9 Å². The molecule has 1 N–H and O–H groups in total. The predicted octanol–water partition coefficient (Wildman–Crippen LogP) is 1.62. The Kier molecular flexibility index (Phi) is 3.03. The van der Waals surface area contributed by atoms with Crippen molar-refractivity contribution in [1.82, 2.24) is 0 Å². The lowest BCUT2D eigenvalue weighted by Crippen LogP contribution is -2.47. The Labute approximate surface area is 113 Å². The van der Waals surface area contributed by atoms with E-state index in [9.17, 15) is 9.00 Å². The van der Waals surface area contributed by atoms with Gasteiger partial charge in [0.2, 0.25) is 5.91 Å². The summed E-state index contributed by atoms with van der Waals surface area (Å²) in [6.45, 7) is 0.723. The van der Waals surface area contributed by atoms with Gasteiger partial charge < -0.3 is 10.2 Å². The molecule has 0 spiro atoms. The van der Waals surface area contributed by atoms with Gasteiger partial charge in [0.05, 0.1) is 11.4 Å². The zero-order valence-electron chi connectivity index (χ0n) is 9.69. The number of fused-ring (bicyclic) bond motifs is 3. The van der Waals surface area contributed by atoms with Crippen LogP contribution in [-0.2, 0) is 15.6 Å². The average molecular weight is 285 g/mol. The van der Waals surface area contributed by atoms with Crippen molar-refractivity contribution in [3.63, 3.8) is 0 Å². The van der Waals surface area contributed by atoms with Crippen molar-refractivity contribution >= 4 is 39.7 Å². The van der Waals surface area contributed by atoms with Gasteiger partial charge in [0.1, 0.15) is 0 Å². The number of hydrogen-bond acceptors (Lipinski definition) is 3. The van der Waals surface area contributed by atoms with Crippen molar-refractivity contribution in [3.05, 3.63) is 23.2 Å². The van der Waals surface area contributed by atoms with Crippen LogP contribution in [0.2, 0.25) is 5.02 Å². The third-order valence-corrected chi connectivity index (χ3v) is 4.97. The highest BCUT2D eigenvalue weighted by Gasteiger charge is 2.32. The molecule has 2 aliphatic heterocycles. The van der Waals surface area contributed by atoms with Crippen molar-refractivity contribution in [2.24, 2.45) is 0 Å². The third kappa shape index (κ3) is 2.12. The molecule has 1 aromatic rings. The van der Waals surface area contributed by atoms with Crippen LogP contribution in [0.15, 0.2) is 18.2 Å². The Morgan fingerprint density at radius 3 is 3.11 bits per heavy atom. The minimum absolute atomic E-state index is 0.0296. The zero-order valence-corrected chi connectivity index (χ0v) is 11.3. The van der Waals surface area contributed by atoms with Crippen LogP contribution in [0, 0.1) is 0 Å². The highest BCUT2D eigenvalue weighted by Crippen LogP contribution is 2.34. The number of carbonyl (C=O) groups is 1. The second-order valence-corrected chi connectivity index (χ2v) is 6.63. The molecule has 18 heavy (non-hydrogen) atoms. The Bertz CT molecular complexity index is 535. The first kappa shape index (κ1) is 12.0. The Morgan fingerprint density at radius 2 is 2.28 bits per heavy atom. The van der Waals surface area contributed by atoms with Crippen LogP contribution in [0.25, 0.3) is 0 Å². The number of benzene rings is 1. The maximum atomic E-state index is 11.8. The average Bonchev–Trinajstić information content (AvgIpc) is 2.42. The number of amides is 1. The van der Waals surface area contributed by atoms with E-state index in [1.54, 1.807) is 6.07 Å². The smallest absolute Gasteiger partial charge is 0.226 e. The van der Waals surface area contributed by atoms with Gasteiger partial charge in [-0.05, 0) is 18.2 Å². The SMILES string of the molecule is O=C1CC2CS(=O)CCN2c2ccc(Cl)cc2N1. The molecular formula is C12H13ClN2O2S. The summed E-state index contributed by atoms with van der Waals surface area (Å²) >= 11 is 5.96. The fraction of sp³-hybridized carbons (Fsp3) is 0.417. The van der Waals surface area contributed by atoms with Gasteiger partial charge in [0.25, 0.3) is 0 Å². The second kappa shape index (κ2) is 4.55. The molecule has 6 heteroatoms. The fourth-order valence-corrected chi connectivity index (χ4v) is 4.00. The second-order valence-electron chi connectivity index (χ2n) is 4.57. The summed E-state index contributed by atoms with van der Waals surface area (Å²) in [5, 5.41) is 3.48. The summed E-state index contributed by atoms with van der Waals surface area (Å²) in [7, 11) is -0.810. The van der Waals surface area contributed by atoms with Gasteiger partial charge in [0, 0.05) is 46.3 Å². The van der Waals surface area contributed by atoms with E-state index >= 15 is 0 Å². The van der Waals surface area contributed by atoms with E-state index in [1.807, 2.05) is 12.1 Å². The summed E-state index contributed by atoms with van der Waals surface area (Å²) in [4.78, 5) is 14.0. The summed E-state index contributed by atoms with van der Waals surface area (Å²) in [5.74, 6) is 1.19. The molecule has 1 saturated heterocycles. The van der Waals surface area contributed by atoms with E-state index in [2.05, 4.69) is 10.2 Å². The third-order valence-electron chi connectivity index (χ3n) is 3.34. The molecule has 1 fully saturated rings. The van der Waals surface area contributed by atoms with Crippen LogP contribution in [0.1, 0.15) is 6.42 Å². The molecule has 1 aromatic carbocycles. The molecule has 0 aromatic heterocycles. The molecule has 2 unspecified atom stereocenters. The number of halogens is 1. The molecule has 96 valence electrons. The van der Waals surface area contributed by atoms with E-state index < -0.39 is 10.8 Å². The van der Waals surface area contributed by atoms with Gasteiger partial charge in [0.15, 0.2) is 0 Å². The normalized spacial score (nSPS) is 26.9. The molecule has 3 rings (SSSR count). The standard InChI is InChI=1S/C12H13ClN2O2S/c13-8-1-2-11-10(5-8)14-12(16)6-9-7-18(17)4-3-15(9)11/h1-2,5,9H,3-4,6-7H2,(H,14,16). The maximum Gasteiger partial charge on any atom is 0.226 e. The predicted molar refractivity (Wildman–Crippen MR) is 73.7 cm³/mol. The summed E-state index contributed by atoms with van der Waals surface area (Å²) in [6, 6.07) is 5.54. The molecular weight excluding hydrogens is 272 g/mol. The number of hydrogen-bond donors (Lipinski definition) is 1. The first-order valence-corrected chi connectivity index (χ1v) is 7.71. The lowest BCUT2D eigenvalue weighted by molar-refractivity contribution is -0.116. The quantitative estimate of drug-likeness (QED) is 0.788. The maximum absolute atomic E-state index is 11.8. The Hall–Kier alpha value is -1.07. The van der Waals surface area contributed by atoms with E-state index in [0.29, 0.717) is 22.9 Å². The molecule has 1 amide bonds. The van der Waals surface area contributed by atoms with Gasteiger partial charge in [-0.2, -0.15) is 0 Å². The molecule has 0 saturated carbocycles. The monoisotopic (exact) mass is 284 g/mol. The van der Waals surface area contributed by atoms with Gasteiger partial charge in [-0.3, -0.25) is 9.00 Å². The largest absolute Gasteiger partial charge is 0.364 e. The molecule has 4 nitrogen and oxygen atoms in total. The van der Waals surface area contributed by atoms with E-state index in [4.69, 9.17) is 11.6 Å². The van der Waals surface area contributed by atoms with E-state index in [1.165, 1.54) is 0 Å². The minimum atomic E-state index is -0.810. The van der Waals surface area contributed by atoms with Gasteiger partial charge in [-0.15, -0.1) is 0 Å².